The van der Waals surface area contributed by atoms with Crippen LogP contribution in [-0.2, 0) is 10.4 Å². The molecule has 0 amide bonds. The van der Waals surface area contributed by atoms with E-state index in [1.807, 2.05) is 5.48 Å². The molecule has 1 aliphatic rings. The maximum atomic E-state index is 15.2. The number of aryl methyl sites for hydroxylation is 1. The molecule has 0 aromatic heterocycles. The van der Waals surface area contributed by atoms with Gasteiger partial charge in [0, 0.05) is 21.2 Å². The molecule has 2 N–H and O–H groups in total. The van der Waals surface area contributed by atoms with E-state index in [0.29, 0.717) is 0 Å². The summed E-state index contributed by atoms with van der Waals surface area (Å²) in [5.41, 5.74) is -2.53. The molecule has 0 aliphatic carbocycles. The van der Waals surface area contributed by atoms with Crippen molar-refractivity contribution in [2.45, 2.75) is 18.7 Å². The smallest absolute Gasteiger partial charge is 0.431 e. The number of carboxylic acid groups (broad SMARTS) is 1. The standard InChI is InChI=1S/C18H11Cl2F4NO3/c1-8-4-9(2-3-13(8)16(26)27)14-15(21)17(28-25-14,18(22,23)24)10-5-11(19)7-12(20)6-10/h2-7,25H,1H3,(H,26,27). The number of aromatic carboxylic acids is 1. The van der Waals surface area contributed by atoms with Crippen molar-refractivity contribution >= 4 is 34.9 Å². The van der Waals surface area contributed by atoms with Gasteiger partial charge in [-0.25, -0.2) is 14.0 Å². The number of carbonyl (C=O) groups is 1. The molecule has 10 heteroatoms. The number of hydrogen-bond donors (Lipinski definition) is 2. The Bertz CT molecular complexity index is 987. The van der Waals surface area contributed by atoms with Crippen molar-refractivity contribution in [1.29, 1.82) is 0 Å². The monoisotopic (exact) mass is 435 g/mol. The predicted octanol–water partition coefficient (Wildman–Crippen LogP) is 5.63. The quantitative estimate of drug-likeness (QED) is 0.613. The number of hydrogen-bond acceptors (Lipinski definition) is 3. The van der Waals surface area contributed by atoms with Gasteiger partial charge in [-0.2, -0.15) is 13.2 Å². The van der Waals surface area contributed by atoms with Gasteiger partial charge in [0.25, 0.3) is 5.60 Å². The summed E-state index contributed by atoms with van der Waals surface area (Å²) < 4.78 is 57.1. The molecule has 0 saturated heterocycles. The predicted molar refractivity (Wildman–Crippen MR) is 94.6 cm³/mol. The van der Waals surface area contributed by atoms with E-state index < -0.39 is 34.8 Å². The van der Waals surface area contributed by atoms with E-state index in [2.05, 4.69) is 0 Å². The highest BCUT2D eigenvalue weighted by molar-refractivity contribution is 6.34. The van der Waals surface area contributed by atoms with Gasteiger partial charge in [0.05, 0.1) is 5.56 Å². The van der Waals surface area contributed by atoms with E-state index in [-0.39, 0.29) is 26.7 Å². The van der Waals surface area contributed by atoms with Gasteiger partial charge in [0.15, 0.2) is 5.83 Å². The largest absolute Gasteiger partial charge is 0.478 e. The van der Waals surface area contributed by atoms with Gasteiger partial charge in [-0.3, -0.25) is 5.48 Å². The average Bonchev–Trinajstić information content (AvgIpc) is 2.91. The summed E-state index contributed by atoms with van der Waals surface area (Å²) in [6.45, 7) is 1.44. The van der Waals surface area contributed by atoms with Gasteiger partial charge in [0.1, 0.15) is 5.70 Å². The molecule has 4 nitrogen and oxygen atoms in total. The second-order valence-electron chi connectivity index (χ2n) is 6.07. The highest BCUT2D eigenvalue weighted by atomic mass is 35.5. The topological polar surface area (TPSA) is 58.6 Å². The Morgan fingerprint density at radius 1 is 1.14 bits per heavy atom. The van der Waals surface area contributed by atoms with E-state index in [1.54, 1.807) is 0 Å². The van der Waals surface area contributed by atoms with Crippen LogP contribution >= 0.6 is 23.2 Å². The summed E-state index contributed by atoms with van der Waals surface area (Å²) in [6, 6.07) is 6.60. The zero-order valence-electron chi connectivity index (χ0n) is 14.0. The van der Waals surface area contributed by atoms with Crippen LogP contribution in [0, 0.1) is 6.92 Å². The molecule has 0 spiro atoms. The van der Waals surface area contributed by atoms with Crippen molar-refractivity contribution in [2.24, 2.45) is 0 Å². The normalized spacial score (nSPS) is 19.7. The lowest BCUT2D eigenvalue weighted by Crippen LogP contribution is -2.44. The molecular formula is C18H11Cl2F4NO3. The van der Waals surface area contributed by atoms with Gasteiger partial charge in [-0.05, 0) is 42.8 Å². The molecule has 28 heavy (non-hydrogen) atoms. The number of nitrogens with one attached hydrogen (secondary N) is 1. The molecule has 0 fully saturated rings. The Labute approximate surface area is 166 Å². The second kappa shape index (κ2) is 6.95. The van der Waals surface area contributed by atoms with Crippen molar-refractivity contribution in [3.63, 3.8) is 0 Å². The minimum absolute atomic E-state index is 0.0146. The van der Waals surface area contributed by atoms with E-state index >= 15 is 4.39 Å². The third-order valence-corrected chi connectivity index (χ3v) is 4.68. The number of carboxylic acids is 1. The Morgan fingerprint density at radius 2 is 1.75 bits per heavy atom. The highest BCUT2D eigenvalue weighted by Crippen LogP contribution is 2.53. The van der Waals surface area contributed by atoms with E-state index in [0.717, 1.165) is 12.1 Å². The first-order chi connectivity index (χ1) is 13.0. The zero-order chi connectivity index (χ0) is 20.9. The lowest BCUT2D eigenvalue weighted by atomic mass is 9.90. The number of rotatable bonds is 3. The fourth-order valence-corrected chi connectivity index (χ4v) is 3.45. The number of hydroxylamine groups is 1. The third-order valence-electron chi connectivity index (χ3n) is 4.25. The van der Waals surface area contributed by atoms with Crippen LogP contribution in [0.3, 0.4) is 0 Å². The second-order valence-corrected chi connectivity index (χ2v) is 6.94. The maximum Gasteiger partial charge on any atom is 0.431 e. The van der Waals surface area contributed by atoms with Crippen molar-refractivity contribution < 1.29 is 32.3 Å². The first kappa shape index (κ1) is 20.4. The van der Waals surface area contributed by atoms with Gasteiger partial charge < -0.3 is 5.11 Å². The van der Waals surface area contributed by atoms with Gasteiger partial charge in [-0.15, -0.1) is 0 Å². The molecule has 148 valence electrons. The molecule has 2 aromatic carbocycles. The third kappa shape index (κ3) is 3.21. The van der Waals surface area contributed by atoms with Crippen LogP contribution in [0.1, 0.15) is 27.0 Å². The van der Waals surface area contributed by atoms with Crippen LogP contribution in [0.4, 0.5) is 17.6 Å². The van der Waals surface area contributed by atoms with Crippen molar-refractivity contribution in [3.05, 3.63) is 74.5 Å². The molecule has 1 heterocycles. The Hall–Kier alpha value is -2.29. The first-order valence-corrected chi connectivity index (χ1v) is 8.45. The van der Waals surface area contributed by atoms with Crippen LogP contribution < -0.4 is 5.48 Å². The zero-order valence-corrected chi connectivity index (χ0v) is 15.5. The van der Waals surface area contributed by atoms with Crippen LogP contribution in [-0.4, -0.2) is 17.3 Å². The number of benzene rings is 2. The van der Waals surface area contributed by atoms with Gasteiger partial charge >= 0.3 is 12.1 Å². The lowest BCUT2D eigenvalue weighted by molar-refractivity contribution is -0.278. The van der Waals surface area contributed by atoms with Gasteiger partial charge in [0.2, 0.25) is 0 Å². The molecular weight excluding hydrogens is 425 g/mol. The summed E-state index contributed by atoms with van der Waals surface area (Å²) in [5, 5.41) is 8.81. The molecule has 1 atom stereocenters. The van der Waals surface area contributed by atoms with Crippen molar-refractivity contribution in [2.75, 3.05) is 0 Å². The Kier molecular flexibility index (Phi) is 5.07. The van der Waals surface area contributed by atoms with E-state index in [1.165, 1.54) is 31.2 Å². The SMILES string of the molecule is Cc1cc(C2=C(F)C(c3cc(Cl)cc(Cl)c3)(C(F)(F)F)ON2)ccc1C(=O)O. The summed E-state index contributed by atoms with van der Waals surface area (Å²) in [7, 11) is 0. The summed E-state index contributed by atoms with van der Waals surface area (Å²) in [6.07, 6.45) is -5.20. The maximum absolute atomic E-state index is 15.2. The number of halogens is 6. The molecule has 1 unspecified atom stereocenters. The fourth-order valence-electron chi connectivity index (χ4n) is 2.93. The minimum Gasteiger partial charge on any atom is -0.478 e. The fraction of sp³-hybridized carbons (Fsp3) is 0.167. The Balaban J connectivity index is 2.21. The highest BCUT2D eigenvalue weighted by Gasteiger charge is 2.65. The molecule has 2 aromatic rings. The summed E-state index contributed by atoms with van der Waals surface area (Å²) in [4.78, 5) is 15.8. The van der Waals surface area contributed by atoms with Crippen LogP contribution in [0.25, 0.3) is 5.70 Å². The average molecular weight is 436 g/mol. The molecule has 0 saturated carbocycles. The minimum atomic E-state index is -5.20. The summed E-state index contributed by atoms with van der Waals surface area (Å²) >= 11 is 11.6. The van der Waals surface area contributed by atoms with E-state index in [4.69, 9.17) is 33.1 Å². The van der Waals surface area contributed by atoms with Gasteiger partial charge in [-0.1, -0.05) is 29.3 Å². The Morgan fingerprint density at radius 3 is 2.25 bits per heavy atom. The molecule has 0 radical (unpaired) electrons. The van der Waals surface area contributed by atoms with Crippen molar-refractivity contribution in [3.8, 4) is 0 Å². The van der Waals surface area contributed by atoms with Crippen molar-refractivity contribution in [1.82, 2.24) is 5.48 Å². The van der Waals surface area contributed by atoms with E-state index in [9.17, 15) is 18.0 Å². The molecule has 1 aliphatic heterocycles. The van der Waals surface area contributed by atoms with Crippen LogP contribution in [0.5, 0.6) is 0 Å². The summed E-state index contributed by atoms with van der Waals surface area (Å²) in [5.74, 6) is -2.87. The van der Waals surface area contributed by atoms with Crippen LogP contribution in [0.2, 0.25) is 10.0 Å². The first-order valence-electron chi connectivity index (χ1n) is 7.69. The number of alkyl halides is 3. The molecule has 0 bridgehead atoms. The lowest BCUT2D eigenvalue weighted by Gasteiger charge is -2.29. The molecule has 3 rings (SSSR count). The van der Waals surface area contributed by atoms with Crippen LogP contribution in [0.15, 0.2) is 42.2 Å².